The molecule has 2 heterocycles. The Balaban J connectivity index is 1.99. The molecule has 2 amide bonds. The fourth-order valence-electron chi connectivity index (χ4n) is 2.35. The molecule has 0 aromatic heterocycles. The second-order valence-electron chi connectivity index (χ2n) is 4.19. The van der Waals surface area contributed by atoms with Gasteiger partial charge >= 0.3 is 0 Å². The highest BCUT2D eigenvalue weighted by atomic mass is 32.2. The van der Waals surface area contributed by atoms with Crippen molar-refractivity contribution in [1.82, 2.24) is 0 Å². The Bertz CT molecular complexity index is 476. The van der Waals surface area contributed by atoms with Crippen LogP contribution in [0, 0.1) is 5.92 Å². The molecule has 0 saturated carbocycles. The molecule has 88 valence electrons. The minimum absolute atomic E-state index is 0.201. The Morgan fingerprint density at radius 1 is 1.18 bits per heavy atom. The van der Waals surface area contributed by atoms with E-state index in [0.29, 0.717) is 11.4 Å². The SMILES string of the molecule is O=C1[C@@H]2[C@H](O)CS[C@@H]2C(=O)N1c1ccccc1. The predicted molar refractivity (Wildman–Crippen MR) is 64.7 cm³/mol. The number of anilines is 1. The molecule has 0 radical (unpaired) electrons. The minimum atomic E-state index is -0.699. The van der Waals surface area contributed by atoms with Crippen LogP contribution in [0.25, 0.3) is 0 Å². The number of aliphatic hydroxyl groups excluding tert-OH is 1. The second-order valence-corrected chi connectivity index (χ2v) is 5.37. The van der Waals surface area contributed by atoms with E-state index in [2.05, 4.69) is 0 Å². The van der Waals surface area contributed by atoms with E-state index in [9.17, 15) is 14.7 Å². The van der Waals surface area contributed by atoms with Crippen molar-refractivity contribution in [3.63, 3.8) is 0 Å². The summed E-state index contributed by atoms with van der Waals surface area (Å²) in [6.45, 7) is 0. The smallest absolute Gasteiger partial charge is 0.247 e. The molecule has 4 nitrogen and oxygen atoms in total. The minimum Gasteiger partial charge on any atom is -0.391 e. The van der Waals surface area contributed by atoms with Crippen molar-refractivity contribution in [1.29, 1.82) is 0 Å². The Morgan fingerprint density at radius 3 is 2.53 bits per heavy atom. The molecule has 5 heteroatoms. The summed E-state index contributed by atoms with van der Waals surface area (Å²) in [6, 6.07) is 8.86. The summed E-state index contributed by atoms with van der Waals surface area (Å²) < 4.78 is 0. The van der Waals surface area contributed by atoms with E-state index < -0.39 is 17.3 Å². The first-order valence-electron chi connectivity index (χ1n) is 5.42. The third kappa shape index (κ3) is 1.50. The van der Waals surface area contributed by atoms with Gasteiger partial charge in [0.1, 0.15) is 0 Å². The molecular formula is C12H11NO3S. The van der Waals surface area contributed by atoms with E-state index in [1.54, 1.807) is 24.3 Å². The maximum Gasteiger partial charge on any atom is 0.247 e. The van der Waals surface area contributed by atoms with E-state index in [0.717, 1.165) is 0 Å². The van der Waals surface area contributed by atoms with Gasteiger partial charge in [0.2, 0.25) is 11.8 Å². The highest BCUT2D eigenvalue weighted by Gasteiger charge is 2.55. The van der Waals surface area contributed by atoms with Crippen LogP contribution in [-0.2, 0) is 9.59 Å². The molecule has 3 atom stereocenters. The quantitative estimate of drug-likeness (QED) is 0.743. The molecule has 0 spiro atoms. The summed E-state index contributed by atoms with van der Waals surface area (Å²) in [4.78, 5) is 25.5. The highest BCUT2D eigenvalue weighted by Crippen LogP contribution is 2.41. The number of para-hydroxylation sites is 1. The van der Waals surface area contributed by atoms with Gasteiger partial charge in [-0.1, -0.05) is 18.2 Å². The van der Waals surface area contributed by atoms with Gasteiger partial charge in [0, 0.05) is 5.75 Å². The van der Waals surface area contributed by atoms with Crippen LogP contribution in [0.3, 0.4) is 0 Å². The number of carbonyl (C=O) groups is 2. The molecule has 1 aromatic carbocycles. The van der Waals surface area contributed by atoms with Crippen molar-refractivity contribution in [3.8, 4) is 0 Å². The van der Waals surface area contributed by atoms with Crippen molar-refractivity contribution in [2.24, 2.45) is 5.92 Å². The van der Waals surface area contributed by atoms with Crippen LogP contribution in [0.5, 0.6) is 0 Å². The standard InChI is InChI=1S/C12H11NO3S/c14-8-6-17-10-9(8)11(15)13(12(10)16)7-4-2-1-3-5-7/h1-5,8-10,14H,6H2/t8-,9-,10+/m1/s1. The molecule has 3 rings (SSSR count). The maximum atomic E-state index is 12.1. The number of hydrogen-bond donors (Lipinski definition) is 1. The first kappa shape index (κ1) is 10.8. The number of benzene rings is 1. The van der Waals surface area contributed by atoms with Gasteiger partial charge in [0.05, 0.1) is 23.0 Å². The van der Waals surface area contributed by atoms with Gasteiger partial charge in [0.25, 0.3) is 0 Å². The molecule has 0 bridgehead atoms. The average Bonchev–Trinajstić information content (AvgIpc) is 2.82. The Hall–Kier alpha value is -1.33. The van der Waals surface area contributed by atoms with E-state index >= 15 is 0 Å². The number of fused-ring (bicyclic) bond motifs is 1. The van der Waals surface area contributed by atoms with Crippen molar-refractivity contribution < 1.29 is 14.7 Å². The van der Waals surface area contributed by atoms with E-state index in [1.165, 1.54) is 16.7 Å². The van der Waals surface area contributed by atoms with E-state index in [1.807, 2.05) is 6.07 Å². The fourth-order valence-corrected chi connectivity index (χ4v) is 3.71. The normalized spacial score (nSPS) is 32.1. The lowest BCUT2D eigenvalue weighted by Gasteiger charge is -2.16. The van der Waals surface area contributed by atoms with Gasteiger partial charge in [-0.15, -0.1) is 11.8 Å². The first-order chi connectivity index (χ1) is 8.20. The van der Waals surface area contributed by atoms with E-state index in [-0.39, 0.29) is 11.8 Å². The molecule has 1 N–H and O–H groups in total. The van der Waals surface area contributed by atoms with Crippen molar-refractivity contribution in [2.45, 2.75) is 11.4 Å². The molecule has 1 aromatic rings. The van der Waals surface area contributed by atoms with Crippen molar-refractivity contribution in [3.05, 3.63) is 30.3 Å². The van der Waals surface area contributed by atoms with Crippen LogP contribution < -0.4 is 4.90 Å². The monoisotopic (exact) mass is 249 g/mol. The summed E-state index contributed by atoms with van der Waals surface area (Å²) in [5.41, 5.74) is 0.588. The number of nitrogens with zero attached hydrogens (tertiary/aromatic N) is 1. The zero-order chi connectivity index (χ0) is 12.0. The summed E-state index contributed by atoms with van der Waals surface area (Å²) >= 11 is 1.37. The number of thioether (sulfide) groups is 1. The lowest BCUT2D eigenvalue weighted by molar-refractivity contribution is -0.123. The number of hydrogen-bond acceptors (Lipinski definition) is 4. The van der Waals surface area contributed by atoms with E-state index in [4.69, 9.17) is 0 Å². The number of imide groups is 1. The lowest BCUT2D eigenvalue weighted by Crippen LogP contribution is -2.34. The maximum absolute atomic E-state index is 12.1. The highest BCUT2D eigenvalue weighted by molar-refractivity contribution is 8.01. The summed E-state index contributed by atoms with van der Waals surface area (Å²) in [5.74, 6) is -0.570. The van der Waals surface area contributed by atoms with Gasteiger partial charge < -0.3 is 5.11 Å². The average molecular weight is 249 g/mol. The Labute approximate surface area is 103 Å². The summed E-state index contributed by atoms with van der Waals surface area (Å²) in [5, 5.41) is 9.33. The lowest BCUT2D eigenvalue weighted by atomic mass is 10.0. The molecule has 2 aliphatic heterocycles. The topological polar surface area (TPSA) is 57.6 Å². The molecule has 2 saturated heterocycles. The van der Waals surface area contributed by atoms with Crippen molar-refractivity contribution in [2.75, 3.05) is 10.7 Å². The number of amides is 2. The number of aliphatic hydroxyl groups is 1. The van der Waals surface area contributed by atoms with Gasteiger partial charge in [-0.3, -0.25) is 9.59 Å². The second kappa shape index (κ2) is 3.85. The van der Waals surface area contributed by atoms with Gasteiger partial charge in [0.15, 0.2) is 0 Å². The van der Waals surface area contributed by atoms with Crippen LogP contribution in [0.15, 0.2) is 30.3 Å². The van der Waals surface area contributed by atoms with Crippen LogP contribution >= 0.6 is 11.8 Å². The third-order valence-corrected chi connectivity index (χ3v) is 4.56. The van der Waals surface area contributed by atoms with Crippen LogP contribution in [0.1, 0.15) is 0 Å². The summed E-state index contributed by atoms with van der Waals surface area (Å²) in [7, 11) is 0. The van der Waals surface area contributed by atoms with Crippen LogP contribution in [0.2, 0.25) is 0 Å². The molecule has 2 aliphatic rings. The zero-order valence-corrected chi connectivity index (χ0v) is 9.76. The zero-order valence-electron chi connectivity index (χ0n) is 8.95. The summed E-state index contributed by atoms with van der Waals surface area (Å²) in [6.07, 6.45) is -0.699. The van der Waals surface area contributed by atoms with Gasteiger partial charge in [-0.2, -0.15) is 0 Å². The van der Waals surface area contributed by atoms with Gasteiger partial charge in [-0.25, -0.2) is 4.90 Å². The molecule has 2 fully saturated rings. The molecular weight excluding hydrogens is 238 g/mol. The van der Waals surface area contributed by atoms with Crippen molar-refractivity contribution >= 4 is 29.3 Å². The third-order valence-electron chi connectivity index (χ3n) is 3.17. The Kier molecular flexibility index (Phi) is 2.45. The number of carbonyl (C=O) groups excluding carboxylic acids is 2. The molecule has 17 heavy (non-hydrogen) atoms. The Morgan fingerprint density at radius 2 is 1.88 bits per heavy atom. The fraction of sp³-hybridized carbons (Fsp3) is 0.333. The largest absolute Gasteiger partial charge is 0.391 e. The van der Waals surface area contributed by atoms with Crippen LogP contribution in [0.4, 0.5) is 5.69 Å². The predicted octanol–water partition coefficient (Wildman–Crippen LogP) is 0.652. The van der Waals surface area contributed by atoms with Crippen LogP contribution in [-0.4, -0.2) is 34.0 Å². The molecule has 0 aliphatic carbocycles. The first-order valence-corrected chi connectivity index (χ1v) is 6.47. The molecule has 0 unspecified atom stereocenters. The van der Waals surface area contributed by atoms with Gasteiger partial charge in [-0.05, 0) is 12.1 Å². The number of rotatable bonds is 1.